The van der Waals surface area contributed by atoms with E-state index in [1.54, 1.807) is 41.5 Å². The van der Waals surface area contributed by atoms with Crippen LogP contribution in [0.3, 0.4) is 0 Å². The highest BCUT2D eigenvalue weighted by Crippen LogP contribution is 2.01. The number of rotatable bonds is 7. The largest absolute Gasteiger partial charge is 0.277 e. The van der Waals surface area contributed by atoms with Crippen molar-refractivity contribution in [2.45, 2.75) is 52.6 Å². The van der Waals surface area contributed by atoms with Crippen LogP contribution < -0.4 is 18.9 Å². The second kappa shape index (κ2) is 6.67. The van der Waals surface area contributed by atoms with E-state index < -0.39 is 31.5 Å². The first-order valence-electron chi connectivity index (χ1n) is 6.19. The number of hydrogen-bond acceptors (Lipinski definition) is 4. The number of hydrogen-bond donors (Lipinski definition) is 4. The Hall–Kier alpha value is -0.260. The van der Waals surface area contributed by atoms with Gasteiger partial charge in [0.15, 0.2) is 0 Å². The molecule has 122 valence electrons. The second-order valence-corrected chi connectivity index (χ2v) is 9.50. The summed E-state index contributed by atoms with van der Waals surface area (Å²) in [7, 11) is -7.29. The molecule has 0 aromatic heterocycles. The van der Waals surface area contributed by atoms with Gasteiger partial charge in [0.2, 0.25) is 0 Å². The van der Waals surface area contributed by atoms with Crippen molar-refractivity contribution in [3.05, 3.63) is 0 Å². The van der Waals surface area contributed by atoms with Gasteiger partial charge in [-0.2, -0.15) is 26.3 Å². The van der Waals surface area contributed by atoms with Crippen LogP contribution in [0.5, 0.6) is 0 Å². The number of nitrogens with one attached hydrogen (secondary N) is 4. The summed E-state index contributed by atoms with van der Waals surface area (Å²) in [5.74, 6) is 0. The van der Waals surface area contributed by atoms with E-state index in [-0.39, 0.29) is 13.1 Å². The summed E-state index contributed by atoms with van der Waals surface area (Å²) in [6, 6.07) is 0. The zero-order chi connectivity index (χ0) is 16.2. The van der Waals surface area contributed by atoms with E-state index >= 15 is 0 Å². The minimum absolute atomic E-state index is 0.0452. The Morgan fingerprint density at radius 2 is 0.900 bits per heavy atom. The molecule has 0 aliphatic carbocycles. The molecule has 0 fully saturated rings. The third-order valence-corrected chi connectivity index (χ3v) is 4.52. The molecule has 0 saturated carbocycles. The topological polar surface area (TPSA) is 116 Å². The fourth-order valence-electron chi connectivity index (χ4n) is 1.25. The maximum Gasteiger partial charge on any atom is 0.277 e. The molecule has 0 atom stereocenters. The van der Waals surface area contributed by atoms with E-state index in [1.165, 1.54) is 0 Å². The molecule has 0 unspecified atom stereocenters. The van der Waals surface area contributed by atoms with Gasteiger partial charge in [0.05, 0.1) is 0 Å². The fourth-order valence-corrected chi connectivity index (χ4v) is 3.75. The summed E-state index contributed by atoms with van der Waals surface area (Å²) in [6.07, 6.45) is 0. The van der Waals surface area contributed by atoms with Gasteiger partial charge in [0, 0.05) is 24.2 Å². The van der Waals surface area contributed by atoms with Gasteiger partial charge in [-0.1, -0.05) is 0 Å². The van der Waals surface area contributed by atoms with Crippen LogP contribution in [0.25, 0.3) is 0 Å². The van der Waals surface area contributed by atoms with E-state index in [9.17, 15) is 16.8 Å². The lowest BCUT2D eigenvalue weighted by Gasteiger charge is -2.21. The Labute approximate surface area is 122 Å². The minimum atomic E-state index is -3.65. The summed E-state index contributed by atoms with van der Waals surface area (Å²) >= 11 is 0. The minimum Gasteiger partial charge on any atom is -0.201 e. The molecule has 0 rings (SSSR count). The predicted octanol–water partition coefficient (Wildman–Crippen LogP) is -0.569. The molecule has 0 amide bonds. The third kappa shape index (κ3) is 11.6. The van der Waals surface area contributed by atoms with Crippen LogP contribution in [0.15, 0.2) is 0 Å². The quantitative estimate of drug-likeness (QED) is 0.468. The van der Waals surface area contributed by atoms with E-state index in [4.69, 9.17) is 0 Å². The smallest absolute Gasteiger partial charge is 0.201 e. The second-order valence-electron chi connectivity index (χ2n) is 6.50. The Morgan fingerprint density at radius 3 is 1.10 bits per heavy atom. The molecule has 4 N–H and O–H groups in total. The molecule has 0 spiro atoms. The van der Waals surface area contributed by atoms with Crippen molar-refractivity contribution in [3.8, 4) is 0 Å². The van der Waals surface area contributed by atoms with Gasteiger partial charge in [-0.15, -0.1) is 0 Å². The molecule has 0 bridgehead atoms. The van der Waals surface area contributed by atoms with Crippen LogP contribution in [-0.2, 0) is 20.4 Å². The Kier molecular flexibility index (Phi) is 6.58. The lowest BCUT2D eigenvalue weighted by atomic mass is 10.1. The van der Waals surface area contributed by atoms with Gasteiger partial charge in [-0.3, -0.25) is 0 Å². The van der Waals surface area contributed by atoms with Gasteiger partial charge in [-0.25, -0.2) is 9.44 Å². The summed E-state index contributed by atoms with van der Waals surface area (Å²) < 4.78 is 55.7. The molecular formula is C10H26N4O4S2. The first-order valence-corrected chi connectivity index (χ1v) is 9.16. The van der Waals surface area contributed by atoms with Crippen LogP contribution in [0.2, 0.25) is 0 Å². The average Bonchev–Trinajstić information content (AvgIpc) is 2.04. The molecule has 0 aliphatic rings. The van der Waals surface area contributed by atoms with Crippen LogP contribution in [-0.4, -0.2) is 41.0 Å². The third-order valence-electron chi connectivity index (χ3n) is 1.59. The monoisotopic (exact) mass is 330 g/mol. The fraction of sp³-hybridized carbons (Fsp3) is 1.00. The summed E-state index contributed by atoms with van der Waals surface area (Å²) in [4.78, 5) is 0. The van der Waals surface area contributed by atoms with Gasteiger partial charge in [0.1, 0.15) is 0 Å². The summed E-state index contributed by atoms with van der Waals surface area (Å²) in [5, 5.41) is 0. The Morgan fingerprint density at radius 1 is 0.650 bits per heavy atom. The molecule has 0 heterocycles. The lowest BCUT2D eigenvalue weighted by Crippen LogP contribution is -2.50. The zero-order valence-electron chi connectivity index (χ0n) is 12.9. The van der Waals surface area contributed by atoms with Gasteiger partial charge in [-0.05, 0) is 41.5 Å². The summed E-state index contributed by atoms with van der Waals surface area (Å²) in [5.41, 5.74) is -1.20. The van der Waals surface area contributed by atoms with Crippen molar-refractivity contribution < 1.29 is 16.8 Å². The van der Waals surface area contributed by atoms with Gasteiger partial charge in [0.25, 0.3) is 20.4 Å². The van der Waals surface area contributed by atoms with Crippen molar-refractivity contribution in [3.63, 3.8) is 0 Å². The summed E-state index contributed by atoms with van der Waals surface area (Å²) in [6.45, 7) is 10.2. The highest BCUT2D eigenvalue weighted by molar-refractivity contribution is 7.87. The van der Waals surface area contributed by atoms with E-state index in [0.29, 0.717) is 0 Å². The zero-order valence-corrected chi connectivity index (χ0v) is 14.5. The first-order chi connectivity index (χ1) is 8.62. The molecule has 0 radical (unpaired) electrons. The van der Waals surface area contributed by atoms with Crippen LogP contribution in [0, 0.1) is 0 Å². The molecule has 8 nitrogen and oxygen atoms in total. The molecule has 10 heteroatoms. The highest BCUT2D eigenvalue weighted by atomic mass is 32.2. The van der Waals surface area contributed by atoms with E-state index in [2.05, 4.69) is 18.9 Å². The Balaban J connectivity index is 4.22. The predicted molar refractivity (Wildman–Crippen MR) is 79.6 cm³/mol. The molecule has 0 aromatic rings. The molecule has 0 aromatic carbocycles. The van der Waals surface area contributed by atoms with Crippen LogP contribution in [0.4, 0.5) is 0 Å². The van der Waals surface area contributed by atoms with Gasteiger partial charge < -0.3 is 0 Å². The van der Waals surface area contributed by atoms with Crippen molar-refractivity contribution in [1.82, 2.24) is 18.9 Å². The molecule has 20 heavy (non-hydrogen) atoms. The van der Waals surface area contributed by atoms with Crippen LogP contribution in [0.1, 0.15) is 41.5 Å². The lowest BCUT2D eigenvalue weighted by molar-refractivity contribution is 0.477. The van der Waals surface area contributed by atoms with E-state index in [1.807, 2.05) is 0 Å². The van der Waals surface area contributed by atoms with E-state index in [0.717, 1.165) is 0 Å². The first kappa shape index (κ1) is 19.7. The maximum absolute atomic E-state index is 11.6. The van der Waals surface area contributed by atoms with Crippen molar-refractivity contribution in [1.29, 1.82) is 0 Å². The molecular weight excluding hydrogens is 304 g/mol. The molecule has 0 saturated heterocycles. The Bertz CT molecular complexity index is 452. The van der Waals surface area contributed by atoms with Crippen LogP contribution >= 0.6 is 0 Å². The highest BCUT2D eigenvalue weighted by Gasteiger charge is 2.21. The van der Waals surface area contributed by atoms with Crippen molar-refractivity contribution >= 4 is 20.4 Å². The van der Waals surface area contributed by atoms with Crippen molar-refractivity contribution in [2.24, 2.45) is 0 Å². The maximum atomic E-state index is 11.6. The normalized spacial score (nSPS) is 14.5. The SMILES string of the molecule is CC(C)(C)NS(=O)(=O)NCCNS(=O)(=O)NC(C)(C)C. The van der Waals surface area contributed by atoms with Crippen molar-refractivity contribution in [2.75, 3.05) is 13.1 Å². The molecule has 0 aliphatic heterocycles. The van der Waals surface area contributed by atoms with Gasteiger partial charge >= 0.3 is 0 Å². The standard InChI is InChI=1S/C10H26N4O4S2/c1-9(2,3)13-19(15,16)11-7-8-12-20(17,18)14-10(4,5)6/h11-14H,7-8H2,1-6H3. The average molecular weight is 330 g/mol.